The van der Waals surface area contributed by atoms with Crippen LogP contribution in [0.25, 0.3) is 11.0 Å². The van der Waals surface area contributed by atoms with Crippen LogP contribution in [-0.4, -0.2) is 9.55 Å². The van der Waals surface area contributed by atoms with E-state index in [1.165, 1.54) is 24.8 Å². The Balaban J connectivity index is 1.94. The minimum atomic E-state index is -0.0265. The van der Waals surface area contributed by atoms with Gasteiger partial charge in [-0.1, -0.05) is 57.0 Å². The van der Waals surface area contributed by atoms with Crippen molar-refractivity contribution in [2.75, 3.05) is 0 Å². The van der Waals surface area contributed by atoms with Gasteiger partial charge in [-0.05, 0) is 37.1 Å². The van der Waals surface area contributed by atoms with Crippen molar-refractivity contribution in [1.82, 2.24) is 9.55 Å². The molecular formula is C21H26N2O. The zero-order valence-electron chi connectivity index (χ0n) is 14.6. The van der Waals surface area contributed by atoms with Gasteiger partial charge >= 0.3 is 0 Å². The van der Waals surface area contributed by atoms with E-state index in [4.69, 9.17) is 9.72 Å². The van der Waals surface area contributed by atoms with Crippen molar-refractivity contribution in [3.05, 3.63) is 60.4 Å². The molecular weight excluding hydrogens is 296 g/mol. The maximum atomic E-state index is 6.24. The number of para-hydroxylation sites is 3. The van der Waals surface area contributed by atoms with Crippen LogP contribution in [-0.2, 0) is 6.54 Å². The number of benzene rings is 2. The second-order valence-electron chi connectivity index (χ2n) is 6.15. The molecule has 0 radical (unpaired) electrons. The van der Waals surface area contributed by atoms with Gasteiger partial charge < -0.3 is 9.30 Å². The molecule has 0 saturated heterocycles. The Morgan fingerprint density at radius 1 is 0.958 bits per heavy atom. The summed E-state index contributed by atoms with van der Waals surface area (Å²) in [6, 6.07) is 18.4. The molecule has 1 aromatic heterocycles. The lowest BCUT2D eigenvalue weighted by Gasteiger charge is -2.19. The summed E-state index contributed by atoms with van der Waals surface area (Å²) in [5.74, 6) is 1.94. The Morgan fingerprint density at radius 2 is 1.71 bits per heavy atom. The molecule has 0 N–H and O–H groups in total. The number of nitrogens with zero attached hydrogens (tertiary/aromatic N) is 2. The topological polar surface area (TPSA) is 27.1 Å². The summed E-state index contributed by atoms with van der Waals surface area (Å²) in [5, 5.41) is 0. The molecule has 0 aliphatic heterocycles. The molecule has 0 aliphatic carbocycles. The van der Waals surface area contributed by atoms with Crippen molar-refractivity contribution in [2.24, 2.45) is 0 Å². The maximum absolute atomic E-state index is 6.24. The molecule has 1 atom stereocenters. The molecule has 3 rings (SSSR count). The Bertz CT molecular complexity index is 764. The first-order valence-corrected chi connectivity index (χ1v) is 9.00. The molecule has 2 aromatic carbocycles. The largest absolute Gasteiger partial charge is 0.483 e. The van der Waals surface area contributed by atoms with Crippen LogP contribution >= 0.6 is 0 Å². The van der Waals surface area contributed by atoms with Gasteiger partial charge in [0, 0.05) is 6.54 Å². The van der Waals surface area contributed by atoms with Gasteiger partial charge in [-0.15, -0.1) is 0 Å². The van der Waals surface area contributed by atoms with Crippen LogP contribution in [0.4, 0.5) is 0 Å². The van der Waals surface area contributed by atoms with Gasteiger partial charge in [-0.25, -0.2) is 4.98 Å². The highest BCUT2D eigenvalue weighted by atomic mass is 16.5. The second-order valence-corrected chi connectivity index (χ2v) is 6.15. The minimum Gasteiger partial charge on any atom is -0.483 e. The van der Waals surface area contributed by atoms with E-state index in [9.17, 15) is 0 Å². The lowest BCUT2D eigenvalue weighted by molar-refractivity contribution is 0.186. The number of rotatable bonds is 8. The Hall–Kier alpha value is -2.29. The van der Waals surface area contributed by atoms with Crippen LogP contribution in [0.5, 0.6) is 5.75 Å². The molecule has 126 valence electrons. The van der Waals surface area contributed by atoms with Crippen LogP contribution in [0.1, 0.15) is 51.5 Å². The fraction of sp³-hybridized carbons (Fsp3) is 0.381. The molecule has 3 nitrogen and oxygen atoms in total. The van der Waals surface area contributed by atoms with Crippen molar-refractivity contribution < 1.29 is 4.74 Å². The van der Waals surface area contributed by atoms with E-state index >= 15 is 0 Å². The predicted molar refractivity (Wildman–Crippen MR) is 99.4 cm³/mol. The van der Waals surface area contributed by atoms with Gasteiger partial charge in [0.25, 0.3) is 0 Å². The van der Waals surface area contributed by atoms with Crippen LogP contribution in [0.2, 0.25) is 0 Å². The first-order valence-electron chi connectivity index (χ1n) is 9.00. The highest BCUT2D eigenvalue weighted by Gasteiger charge is 2.20. The zero-order chi connectivity index (χ0) is 16.8. The molecule has 3 aromatic rings. The van der Waals surface area contributed by atoms with Crippen molar-refractivity contribution >= 4 is 11.0 Å². The molecule has 0 amide bonds. The second kappa shape index (κ2) is 8.00. The molecule has 0 bridgehead atoms. The molecule has 1 heterocycles. The van der Waals surface area contributed by atoms with Gasteiger partial charge in [0.15, 0.2) is 11.9 Å². The van der Waals surface area contributed by atoms with Crippen molar-refractivity contribution in [1.29, 1.82) is 0 Å². The maximum Gasteiger partial charge on any atom is 0.156 e. The lowest BCUT2D eigenvalue weighted by atomic mass is 10.2. The summed E-state index contributed by atoms with van der Waals surface area (Å²) in [6.45, 7) is 5.39. The average molecular weight is 322 g/mol. The number of aryl methyl sites for hydroxylation is 1. The number of unbranched alkanes of at least 4 members (excludes halogenated alkanes) is 2. The summed E-state index contributed by atoms with van der Waals surface area (Å²) < 4.78 is 8.59. The van der Waals surface area contributed by atoms with Gasteiger partial charge in [-0.2, -0.15) is 0 Å². The number of hydrogen-bond donors (Lipinski definition) is 0. The number of ether oxygens (including phenoxy) is 1. The minimum absolute atomic E-state index is 0.0265. The molecule has 0 aliphatic rings. The quantitative estimate of drug-likeness (QED) is 0.493. The fourth-order valence-corrected chi connectivity index (χ4v) is 3.08. The number of hydrogen-bond acceptors (Lipinski definition) is 2. The summed E-state index contributed by atoms with van der Waals surface area (Å²) in [7, 11) is 0. The van der Waals surface area contributed by atoms with Crippen LogP contribution in [0.3, 0.4) is 0 Å². The highest BCUT2D eigenvalue weighted by Crippen LogP contribution is 2.28. The van der Waals surface area contributed by atoms with Crippen LogP contribution < -0.4 is 4.74 Å². The predicted octanol–water partition coefficient (Wildman–Crippen LogP) is 5.76. The van der Waals surface area contributed by atoms with Crippen LogP contribution in [0, 0.1) is 0 Å². The van der Waals surface area contributed by atoms with Crippen molar-refractivity contribution in [2.45, 2.75) is 52.2 Å². The summed E-state index contributed by atoms with van der Waals surface area (Å²) in [4.78, 5) is 4.90. The average Bonchev–Trinajstić information content (AvgIpc) is 2.99. The lowest BCUT2D eigenvalue weighted by Crippen LogP contribution is -2.14. The third-order valence-electron chi connectivity index (χ3n) is 4.35. The first kappa shape index (κ1) is 16.6. The van der Waals surface area contributed by atoms with Gasteiger partial charge in [0.2, 0.25) is 0 Å². The first-order chi connectivity index (χ1) is 11.8. The third-order valence-corrected chi connectivity index (χ3v) is 4.35. The van der Waals surface area contributed by atoms with Crippen molar-refractivity contribution in [3.63, 3.8) is 0 Å². The fourth-order valence-electron chi connectivity index (χ4n) is 3.08. The molecule has 0 spiro atoms. The molecule has 0 fully saturated rings. The van der Waals surface area contributed by atoms with Crippen LogP contribution in [0.15, 0.2) is 54.6 Å². The summed E-state index contributed by atoms with van der Waals surface area (Å²) in [5.41, 5.74) is 2.26. The van der Waals surface area contributed by atoms with E-state index in [2.05, 4.69) is 42.7 Å². The Labute approximate surface area is 144 Å². The Kier molecular flexibility index (Phi) is 5.52. The van der Waals surface area contributed by atoms with E-state index in [1.807, 2.05) is 30.3 Å². The van der Waals surface area contributed by atoms with E-state index in [-0.39, 0.29) is 6.10 Å². The smallest absolute Gasteiger partial charge is 0.156 e. The van der Waals surface area contributed by atoms with E-state index in [0.29, 0.717) is 0 Å². The number of aromatic nitrogens is 2. The summed E-state index contributed by atoms with van der Waals surface area (Å²) >= 11 is 0. The zero-order valence-corrected chi connectivity index (χ0v) is 14.6. The number of fused-ring (bicyclic) bond motifs is 1. The Morgan fingerprint density at radius 3 is 2.46 bits per heavy atom. The molecule has 3 heteroatoms. The molecule has 0 saturated carbocycles. The van der Waals surface area contributed by atoms with E-state index < -0.39 is 0 Å². The van der Waals surface area contributed by atoms with E-state index in [1.54, 1.807) is 0 Å². The van der Waals surface area contributed by atoms with Gasteiger partial charge in [-0.3, -0.25) is 0 Å². The monoisotopic (exact) mass is 322 g/mol. The SMILES string of the molecule is CCCCCn1c(C(CC)Oc2ccccc2)nc2ccccc21. The third kappa shape index (κ3) is 3.61. The standard InChI is InChI=1S/C21H26N2O/c1-3-5-11-16-23-19-15-10-9-14-18(19)22-21(23)20(4-2)24-17-12-7-6-8-13-17/h6-10,12-15,20H,3-5,11,16H2,1-2H3. The van der Waals surface area contributed by atoms with E-state index in [0.717, 1.165) is 30.1 Å². The normalized spacial score (nSPS) is 12.4. The molecule has 1 unspecified atom stereocenters. The molecule has 24 heavy (non-hydrogen) atoms. The van der Waals surface area contributed by atoms with Gasteiger partial charge in [0.1, 0.15) is 5.75 Å². The van der Waals surface area contributed by atoms with Gasteiger partial charge in [0.05, 0.1) is 11.0 Å². The van der Waals surface area contributed by atoms with Crippen molar-refractivity contribution in [3.8, 4) is 5.75 Å². The number of imidazole rings is 1. The summed E-state index contributed by atoms with van der Waals surface area (Å²) in [6.07, 6.45) is 4.50. The highest BCUT2D eigenvalue weighted by molar-refractivity contribution is 5.76.